The Hall–Kier alpha value is -4.19. The third-order valence-electron chi connectivity index (χ3n) is 13.7. The van der Waals surface area contributed by atoms with Gasteiger partial charge in [0.2, 0.25) is 0 Å². The molecule has 0 aliphatic rings. The minimum atomic E-state index is -0.789. The summed E-state index contributed by atoms with van der Waals surface area (Å²) >= 11 is 0. The van der Waals surface area contributed by atoms with Gasteiger partial charge < -0.3 is 14.2 Å². The standard InChI is InChI=1S/C72H120O6/c1-4-7-10-13-16-19-22-24-26-28-29-30-31-32-33-34-35-36-37-38-39-40-41-42-43-45-46-48-50-53-56-59-62-65-71(74)77-68-69(67-76-70(73)64-61-58-55-52-21-18-15-12-9-6-3)78-72(75)66-63-60-57-54-51-49-47-44-27-25-23-20-17-14-11-8-5-2/h7,10,12,15-16,19,24-27,29-30,32-33,35-36,38-39,41-42,69H,4-6,8-9,11,13-14,17-18,20-23,28,31,34,37,40,43-68H2,1-3H3/b10-7-,15-12-,19-16-,26-24-,27-25-,30-29-,33-32-,36-35-,39-38-,42-41-. The summed E-state index contributed by atoms with van der Waals surface area (Å²) in [5.74, 6) is -0.906. The summed E-state index contributed by atoms with van der Waals surface area (Å²) in [6, 6.07) is 0. The lowest BCUT2D eigenvalue weighted by molar-refractivity contribution is -0.167. The molecule has 0 spiro atoms. The van der Waals surface area contributed by atoms with Crippen molar-refractivity contribution >= 4 is 17.9 Å². The van der Waals surface area contributed by atoms with Crippen LogP contribution in [0.25, 0.3) is 0 Å². The van der Waals surface area contributed by atoms with Gasteiger partial charge in [-0.1, -0.05) is 271 Å². The van der Waals surface area contributed by atoms with Crippen molar-refractivity contribution in [3.8, 4) is 0 Å². The molecule has 0 aromatic carbocycles. The van der Waals surface area contributed by atoms with Crippen molar-refractivity contribution < 1.29 is 28.6 Å². The second-order valence-corrected chi connectivity index (χ2v) is 21.3. The van der Waals surface area contributed by atoms with Gasteiger partial charge in [-0.05, 0) is 128 Å². The van der Waals surface area contributed by atoms with Gasteiger partial charge in [-0.3, -0.25) is 14.4 Å². The van der Waals surface area contributed by atoms with E-state index >= 15 is 0 Å². The van der Waals surface area contributed by atoms with Crippen LogP contribution in [-0.2, 0) is 28.6 Å². The molecule has 0 rings (SSSR count). The van der Waals surface area contributed by atoms with Crippen LogP contribution in [-0.4, -0.2) is 37.2 Å². The molecule has 0 radical (unpaired) electrons. The quantitative estimate of drug-likeness (QED) is 0.0261. The van der Waals surface area contributed by atoms with Crippen molar-refractivity contribution in [3.05, 3.63) is 122 Å². The van der Waals surface area contributed by atoms with Crippen molar-refractivity contribution in [1.82, 2.24) is 0 Å². The highest BCUT2D eigenvalue weighted by atomic mass is 16.6. The highest BCUT2D eigenvalue weighted by molar-refractivity contribution is 5.71. The van der Waals surface area contributed by atoms with Gasteiger partial charge in [-0.2, -0.15) is 0 Å². The molecule has 444 valence electrons. The Morgan fingerprint density at radius 1 is 0.269 bits per heavy atom. The molecule has 0 saturated carbocycles. The van der Waals surface area contributed by atoms with Crippen LogP contribution in [0.2, 0.25) is 0 Å². The van der Waals surface area contributed by atoms with Gasteiger partial charge in [0.1, 0.15) is 13.2 Å². The fraction of sp³-hybridized carbons (Fsp3) is 0.681. The van der Waals surface area contributed by atoms with Crippen LogP contribution in [0.15, 0.2) is 122 Å². The monoisotopic (exact) mass is 1080 g/mol. The number of hydrogen-bond acceptors (Lipinski definition) is 6. The lowest BCUT2D eigenvalue weighted by Gasteiger charge is -2.18. The molecule has 0 bridgehead atoms. The van der Waals surface area contributed by atoms with Crippen molar-refractivity contribution in [2.75, 3.05) is 13.2 Å². The van der Waals surface area contributed by atoms with Gasteiger partial charge in [0.05, 0.1) is 0 Å². The van der Waals surface area contributed by atoms with Crippen LogP contribution < -0.4 is 0 Å². The molecule has 78 heavy (non-hydrogen) atoms. The Kier molecular flexibility index (Phi) is 61.8. The van der Waals surface area contributed by atoms with Gasteiger partial charge in [-0.15, -0.1) is 0 Å². The first-order valence-corrected chi connectivity index (χ1v) is 32.5. The minimum Gasteiger partial charge on any atom is -0.462 e. The zero-order chi connectivity index (χ0) is 56.4. The van der Waals surface area contributed by atoms with E-state index in [0.717, 1.165) is 135 Å². The summed E-state index contributed by atoms with van der Waals surface area (Å²) < 4.78 is 16.9. The molecule has 1 unspecified atom stereocenters. The first kappa shape index (κ1) is 73.8. The van der Waals surface area contributed by atoms with Crippen LogP contribution in [0.1, 0.15) is 297 Å². The molecular weight excluding hydrogens is 961 g/mol. The summed E-state index contributed by atoms with van der Waals surface area (Å²) in [5, 5.41) is 0. The number of ether oxygens (including phenoxy) is 3. The second kappa shape index (κ2) is 65.3. The normalized spacial score (nSPS) is 12.9. The number of unbranched alkanes of at least 4 members (excludes halogenated alkanes) is 27. The molecule has 6 nitrogen and oxygen atoms in total. The smallest absolute Gasteiger partial charge is 0.306 e. The van der Waals surface area contributed by atoms with Gasteiger partial charge in [0.25, 0.3) is 0 Å². The molecular formula is C72H120O6. The maximum atomic E-state index is 12.9. The van der Waals surface area contributed by atoms with Crippen LogP contribution in [0.3, 0.4) is 0 Å². The van der Waals surface area contributed by atoms with E-state index in [2.05, 4.69) is 142 Å². The number of allylic oxidation sites excluding steroid dienone is 20. The maximum Gasteiger partial charge on any atom is 0.306 e. The molecule has 6 heteroatoms. The molecule has 0 aromatic heterocycles. The zero-order valence-electron chi connectivity index (χ0n) is 50.9. The average molecular weight is 1080 g/mol. The SMILES string of the molecule is CC/C=C\C/C=C\C/C=C\C/C=C\C/C=C\C/C=C\C/C=C\C/C=C\CCCCCCCCCCC(=O)OCC(COC(=O)CCCCCCC/C=C\CCC)OC(=O)CCCCCCCCC/C=C\CCCCCCCC. The summed E-state index contributed by atoms with van der Waals surface area (Å²) in [7, 11) is 0. The number of esters is 3. The van der Waals surface area contributed by atoms with Crippen LogP contribution in [0.5, 0.6) is 0 Å². The molecule has 0 saturated heterocycles. The molecule has 0 aromatic rings. The average Bonchev–Trinajstić information content (AvgIpc) is 3.44. The number of hydrogen-bond donors (Lipinski definition) is 0. The van der Waals surface area contributed by atoms with E-state index in [1.807, 2.05) is 0 Å². The zero-order valence-corrected chi connectivity index (χ0v) is 50.9. The predicted molar refractivity (Wildman–Crippen MR) is 339 cm³/mol. The van der Waals surface area contributed by atoms with Gasteiger partial charge >= 0.3 is 17.9 Å². The first-order valence-electron chi connectivity index (χ1n) is 32.5. The Balaban J connectivity index is 4.23. The number of carbonyl (C=O) groups excluding carboxylic acids is 3. The van der Waals surface area contributed by atoms with Crippen molar-refractivity contribution in [3.63, 3.8) is 0 Å². The Labute approximate surface area is 482 Å². The number of carbonyl (C=O) groups is 3. The predicted octanol–water partition coefficient (Wildman–Crippen LogP) is 22.4. The number of rotatable bonds is 58. The third kappa shape index (κ3) is 62.7. The highest BCUT2D eigenvalue weighted by Gasteiger charge is 2.19. The van der Waals surface area contributed by atoms with E-state index in [-0.39, 0.29) is 31.1 Å². The van der Waals surface area contributed by atoms with Crippen LogP contribution in [0, 0.1) is 0 Å². The largest absolute Gasteiger partial charge is 0.462 e. The lowest BCUT2D eigenvalue weighted by Crippen LogP contribution is -2.30. The van der Waals surface area contributed by atoms with Gasteiger partial charge in [-0.25, -0.2) is 0 Å². The van der Waals surface area contributed by atoms with E-state index in [1.165, 1.54) is 122 Å². The highest BCUT2D eigenvalue weighted by Crippen LogP contribution is 2.15. The molecule has 0 aliphatic heterocycles. The molecule has 1 atom stereocenters. The molecule has 0 amide bonds. The van der Waals surface area contributed by atoms with Crippen LogP contribution in [0.4, 0.5) is 0 Å². The van der Waals surface area contributed by atoms with Crippen molar-refractivity contribution in [1.29, 1.82) is 0 Å². The van der Waals surface area contributed by atoms with E-state index in [1.54, 1.807) is 0 Å². The fourth-order valence-electron chi connectivity index (χ4n) is 8.81. The Morgan fingerprint density at radius 3 is 0.846 bits per heavy atom. The topological polar surface area (TPSA) is 78.9 Å². The van der Waals surface area contributed by atoms with E-state index in [9.17, 15) is 14.4 Å². The molecule has 0 heterocycles. The summed E-state index contributed by atoms with van der Waals surface area (Å²) in [4.78, 5) is 38.2. The second-order valence-electron chi connectivity index (χ2n) is 21.3. The Morgan fingerprint density at radius 2 is 0.526 bits per heavy atom. The van der Waals surface area contributed by atoms with Crippen LogP contribution >= 0.6 is 0 Å². The van der Waals surface area contributed by atoms with Gasteiger partial charge in [0, 0.05) is 19.3 Å². The summed E-state index contributed by atoms with van der Waals surface area (Å²) in [6.45, 7) is 6.45. The molecule has 0 aliphatic carbocycles. The summed E-state index contributed by atoms with van der Waals surface area (Å²) in [6.07, 6.45) is 90.7. The van der Waals surface area contributed by atoms with Gasteiger partial charge in [0.15, 0.2) is 6.10 Å². The van der Waals surface area contributed by atoms with Crippen molar-refractivity contribution in [2.45, 2.75) is 303 Å². The first-order chi connectivity index (χ1) is 38.5. The Bertz CT molecular complexity index is 1620. The molecule has 0 N–H and O–H groups in total. The maximum absolute atomic E-state index is 12.9. The molecule has 0 fully saturated rings. The minimum absolute atomic E-state index is 0.0872. The van der Waals surface area contributed by atoms with E-state index in [4.69, 9.17) is 14.2 Å². The van der Waals surface area contributed by atoms with Crippen molar-refractivity contribution in [2.24, 2.45) is 0 Å². The lowest BCUT2D eigenvalue weighted by atomic mass is 10.1. The van der Waals surface area contributed by atoms with E-state index in [0.29, 0.717) is 19.3 Å². The summed E-state index contributed by atoms with van der Waals surface area (Å²) in [5.41, 5.74) is 0. The fourth-order valence-corrected chi connectivity index (χ4v) is 8.81. The van der Waals surface area contributed by atoms with E-state index < -0.39 is 6.10 Å². The third-order valence-corrected chi connectivity index (χ3v) is 13.7.